The van der Waals surface area contributed by atoms with Gasteiger partial charge in [0, 0.05) is 30.7 Å². The van der Waals surface area contributed by atoms with Crippen LogP contribution in [0, 0.1) is 0 Å². The predicted molar refractivity (Wildman–Crippen MR) is 109 cm³/mol. The minimum absolute atomic E-state index is 0.00797. The molecule has 2 aromatic carbocycles. The van der Waals surface area contributed by atoms with Crippen molar-refractivity contribution in [2.24, 2.45) is 0 Å². The summed E-state index contributed by atoms with van der Waals surface area (Å²) in [6, 6.07) is 17.7. The van der Waals surface area contributed by atoms with Crippen LogP contribution in [-0.4, -0.2) is 33.5 Å². The molecule has 1 N–H and O–H groups in total. The standard InChI is InChI=1S/C23H26N2O2/c1-23(2,27)12-11-17-6-4-7-20(14-17)22(26)25(3)16-18-9-10-21-19(15-18)8-5-13-24-21/h4-10,13-15,27H,11-12,16H2,1-3H3. The van der Waals surface area contributed by atoms with E-state index in [-0.39, 0.29) is 5.91 Å². The van der Waals surface area contributed by atoms with E-state index in [1.165, 1.54) is 0 Å². The van der Waals surface area contributed by atoms with E-state index in [9.17, 15) is 9.90 Å². The lowest BCUT2D eigenvalue weighted by Gasteiger charge is -2.19. The first-order valence-corrected chi connectivity index (χ1v) is 9.22. The number of hydrogen-bond donors (Lipinski definition) is 1. The topological polar surface area (TPSA) is 53.4 Å². The second-order valence-electron chi connectivity index (χ2n) is 7.70. The first-order valence-electron chi connectivity index (χ1n) is 9.22. The molecule has 27 heavy (non-hydrogen) atoms. The summed E-state index contributed by atoms with van der Waals surface area (Å²) in [6.07, 6.45) is 3.18. The largest absolute Gasteiger partial charge is 0.390 e. The van der Waals surface area contributed by atoms with Crippen molar-refractivity contribution in [1.82, 2.24) is 9.88 Å². The molecule has 3 aromatic rings. The van der Waals surface area contributed by atoms with Gasteiger partial charge in [0.25, 0.3) is 5.91 Å². The normalized spacial score (nSPS) is 11.6. The van der Waals surface area contributed by atoms with E-state index in [0.29, 0.717) is 18.5 Å². The molecule has 0 saturated carbocycles. The Labute approximate surface area is 160 Å². The molecule has 4 heteroatoms. The maximum atomic E-state index is 12.8. The van der Waals surface area contributed by atoms with Gasteiger partial charge in [-0.25, -0.2) is 0 Å². The number of hydrogen-bond acceptors (Lipinski definition) is 3. The molecule has 0 bridgehead atoms. The number of aromatic nitrogens is 1. The maximum absolute atomic E-state index is 12.8. The van der Waals surface area contributed by atoms with E-state index in [0.717, 1.165) is 28.5 Å². The molecule has 0 aliphatic rings. The number of aryl methyl sites for hydroxylation is 1. The zero-order valence-corrected chi connectivity index (χ0v) is 16.1. The van der Waals surface area contributed by atoms with Crippen LogP contribution in [0.3, 0.4) is 0 Å². The van der Waals surface area contributed by atoms with E-state index in [4.69, 9.17) is 0 Å². The van der Waals surface area contributed by atoms with Crippen molar-refractivity contribution < 1.29 is 9.90 Å². The van der Waals surface area contributed by atoms with Crippen LogP contribution in [-0.2, 0) is 13.0 Å². The van der Waals surface area contributed by atoms with E-state index >= 15 is 0 Å². The Kier molecular flexibility index (Phi) is 5.57. The lowest BCUT2D eigenvalue weighted by atomic mass is 9.97. The molecule has 0 atom stereocenters. The van der Waals surface area contributed by atoms with Gasteiger partial charge in [0.2, 0.25) is 0 Å². The number of benzene rings is 2. The van der Waals surface area contributed by atoms with Crippen molar-refractivity contribution in [3.8, 4) is 0 Å². The third-order valence-electron chi connectivity index (χ3n) is 4.63. The van der Waals surface area contributed by atoms with Crippen LogP contribution in [0.2, 0.25) is 0 Å². The number of pyridine rings is 1. The van der Waals surface area contributed by atoms with Crippen molar-refractivity contribution >= 4 is 16.8 Å². The molecule has 140 valence electrons. The van der Waals surface area contributed by atoms with Crippen molar-refractivity contribution in [2.75, 3.05) is 7.05 Å². The Balaban J connectivity index is 1.70. The molecule has 1 amide bonds. The lowest BCUT2D eigenvalue weighted by Crippen LogP contribution is -2.26. The summed E-state index contributed by atoms with van der Waals surface area (Å²) in [4.78, 5) is 18.9. The number of aliphatic hydroxyl groups is 1. The fourth-order valence-electron chi connectivity index (χ4n) is 3.10. The monoisotopic (exact) mass is 362 g/mol. The van der Waals surface area contributed by atoms with Crippen LogP contribution in [0.1, 0.15) is 41.8 Å². The highest BCUT2D eigenvalue weighted by molar-refractivity contribution is 5.94. The van der Waals surface area contributed by atoms with Gasteiger partial charge in [-0.05, 0) is 68.1 Å². The summed E-state index contributed by atoms with van der Waals surface area (Å²) in [5.41, 5.74) is 3.06. The van der Waals surface area contributed by atoms with Crippen LogP contribution in [0.4, 0.5) is 0 Å². The molecule has 4 nitrogen and oxygen atoms in total. The number of rotatable bonds is 6. The quantitative estimate of drug-likeness (QED) is 0.715. The number of nitrogens with zero attached hydrogens (tertiary/aromatic N) is 2. The highest BCUT2D eigenvalue weighted by Gasteiger charge is 2.15. The molecule has 3 rings (SSSR count). The fourth-order valence-corrected chi connectivity index (χ4v) is 3.10. The van der Waals surface area contributed by atoms with Crippen molar-refractivity contribution in [3.05, 3.63) is 77.5 Å². The van der Waals surface area contributed by atoms with Crippen molar-refractivity contribution in [3.63, 3.8) is 0 Å². The number of amides is 1. The Hall–Kier alpha value is -2.72. The number of fused-ring (bicyclic) bond motifs is 1. The third-order valence-corrected chi connectivity index (χ3v) is 4.63. The maximum Gasteiger partial charge on any atom is 0.253 e. The van der Waals surface area contributed by atoms with Gasteiger partial charge in [0.05, 0.1) is 11.1 Å². The molecule has 1 heterocycles. The van der Waals surface area contributed by atoms with Crippen LogP contribution in [0.5, 0.6) is 0 Å². The van der Waals surface area contributed by atoms with Gasteiger partial charge in [0.1, 0.15) is 0 Å². The van der Waals surface area contributed by atoms with Crippen LogP contribution >= 0.6 is 0 Å². The number of carbonyl (C=O) groups is 1. The number of carbonyl (C=O) groups excluding carboxylic acids is 1. The van der Waals surface area contributed by atoms with Crippen molar-refractivity contribution in [2.45, 2.75) is 38.8 Å². The van der Waals surface area contributed by atoms with Gasteiger partial charge in [-0.15, -0.1) is 0 Å². The molecule has 0 radical (unpaired) electrons. The summed E-state index contributed by atoms with van der Waals surface area (Å²) < 4.78 is 0. The van der Waals surface area contributed by atoms with Gasteiger partial charge >= 0.3 is 0 Å². The van der Waals surface area contributed by atoms with Gasteiger partial charge in [0.15, 0.2) is 0 Å². The Morgan fingerprint density at radius 1 is 1.07 bits per heavy atom. The zero-order chi connectivity index (χ0) is 19.4. The summed E-state index contributed by atoms with van der Waals surface area (Å²) >= 11 is 0. The first kappa shape index (κ1) is 19.1. The molecule has 0 aliphatic heterocycles. The highest BCUT2D eigenvalue weighted by Crippen LogP contribution is 2.17. The molecule has 0 unspecified atom stereocenters. The fraction of sp³-hybridized carbons (Fsp3) is 0.304. The van der Waals surface area contributed by atoms with Crippen molar-refractivity contribution in [1.29, 1.82) is 0 Å². The minimum atomic E-state index is -0.707. The molecule has 0 aliphatic carbocycles. The van der Waals surface area contributed by atoms with E-state index in [1.54, 1.807) is 24.9 Å². The average molecular weight is 362 g/mol. The van der Waals surface area contributed by atoms with Crippen LogP contribution in [0.15, 0.2) is 60.8 Å². The third kappa shape index (κ3) is 5.14. The predicted octanol–water partition coefficient (Wildman–Crippen LogP) is 4.21. The van der Waals surface area contributed by atoms with Gasteiger partial charge in [-0.2, -0.15) is 0 Å². The zero-order valence-electron chi connectivity index (χ0n) is 16.1. The Bertz CT molecular complexity index is 944. The summed E-state index contributed by atoms with van der Waals surface area (Å²) in [5.74, 6) is -0.00797. The summed E-state index contributed by atoms with van der Waals surface area (Å²) in [6.45, 7) is 4.14. The lowest BCUT2D eigenvalue weighted by molar-refractivity contribution is 0.0714. The van der Waals surface area contributed by atoms with Crippen LogP contribution < -0.4 is 0 Å². The SMILES string of the molecule is CN(Cc1ccc2ncccc2c1)C(=O)c1cccc(CCC(C)(C)O)c1. The summed E-state index contributed by atoms with van der Waals surface area (Å²) in [7, 11) is 1.82. The van der Waals surface area contributed by atoms with E-state index < -0.39 is 5.60 Å². The second kappa shape index (κ2) is 7.89. The molecule has 0 fully saturated rings. The smallest absolute Gasteiger partial charge is 0.253 e. The Morgan fingerprint density at radius 2 is 1.89 bits per heavy atom. The van der Waals surface area contributed by atoms with Crippen LogP contribution in [0.25, 0.3) is 10.9 Å². The first-order chi connectivity index (χ1) is 12.8. The van der Waals surface area contributed by atoms with Gasteiger partial charge < -0.3 is 10.0 Å². The molecule has 0 spiro atoms. The minimum Gasteiger partial charge on any atom is -0.390 e. The van der Waals surface area contributed by atoms with Gasteiger partial charge in [-0.3, -0.25) is 9.78 Å². The highest BCUT2D eigenvalue weighted by atomic mass is 16.3. The average Bonchev–Trinajstić information content (AvgIpc) is 2.65. The molecular weight excluding hydrogens is 336 g/mol. The molecule has 0 saturated heterocycles. The molecular formula is C23H26N2O2. The van der Waals surface area contributed by atoms with Gasteiger partial charge in [-0.1, -0.05) is 24.3 Å². The summed E-state index contributed by atoms with van der Waals surface area (Å²) in [5, 5.41) is 11.0. The van der Waals surface area contributed by atoms with E-state index in [2.05, 4.69) is 11.1 Å². The molecule has 1 aromatic heterocycles. The Morgan fingerprint density at radius 3 is 2.67 bits per heavy atom. The second-order valence-corrected chi connectivity index (χ2v) is 7.70. The van der Waals surface area contributed by atoms with E-state index in [1.807, 2.05) is 55.6 Å².